The smallest absolute Gasteiger partial charge is 0.249 e. The number of para-hydroxylation sites is 2. The molecule has 0 saturated heterocycles. The maximum absolute atomic E-state index is 14.3. The summed E-state index contributed by atoms with van der Waals surface area (Å²) in [4.78, 5) is 67.0. The number of rotatable bonds is 16. The van der Waals surface area contributed by atoms with Gasteiger partial charge in [0.25, 0.3) is 0 Å². The van der Waals surface area contributed by atoms with Gasteiger partial charge in [-0.3, -0.25) is 27.8 Å². The van der Waals surface area contributed by atoms with E-state index in [1.807, 2.05) is 41.4 Å². The third-order valence-electron chi connectivity index (χ3n) is 11.6. The topological polar surface area (TPSA) is 141 Å². The first-order valence-electron chi connectivity index (χ1n) is 21.3. The number of nitrogens with zero attached hydrogens (tertiary/aromatic N) is 8. The van der Waals surface area contributed by atoms with Crippen molar-refractivity contribution in [3.8, 4) is 0 Å². The molecule has 0 radical (unpaired) electrons. The molecule has 0 fully saturated rings. The predicted molar refractivity (Wildman–Crippen MR) is 250 cm³/mol. The van der Waals surface area contributed by atoms with Gasteiger partial charge in [0, 0.05) is 70.6 Å². The second-order valence-electron chi connectivity index (χ2n) is 16.4. The number of carbonyl (C=O) groups is 4. The molecule has 0 unspecified atom stereocenters. The molecular formula is C48H46F4N10O4S. The lowest BCUT2D eigenvalue weighted by Crippen LogP contribution is -2.50. The Morgan fingerprint density at radius 3 is 1.63 bits per heavy atom. The number of anilines is 4. The molecule has 19 heteroatoms. The SMILES string of the molecule is CN(C(=O)CC[C@H](Cc1cc(F)cc(F)c1)NC(=O)CN1SN(CC(=O)N[C@H](Cc2cc(F)cc(F)c2)C(=O)N(C)c2ccc3c(c2)ncn3C)c2ccccc21)c1ccc2c(c1)ncn2C. The number of fused-ring (bicyclic) bond motifs is 3. The first-order chi connectivity index (χ1) is 32.1. The summed E-state index contributed by atoms with van der Waals surface area (Å²) in [6, 6.07) is 21.9. The molecule has 0 aliphatic carbocycles. The Morgan fingerprint density at radius 2 is 1.10 bits per heavy atom. The Balaban J connectivity index is 0.949. The molecule has 346 valence electrons. The number of likely N-dealkylation sites (N-methyl/N-ethyl adjacent to an activating group) is 1. The lowest BCUT2D eigenvalue weighted by molar-refractivity contribution is -0.126. The maximum Gasteiger partial charge on any atom is 0.249 e. The van der Waals surface area contributed by atoms with Crippen LogP contribution in [0.25, 0.3) is 22.1 Å². The number of hydrogen-bond donors (Lipinski definition) is 2. The second kappa shape index (κ2) is 19.6. The fourth-order valence-corrected chi connectivity index (χ4v) is 9.21. The minimum absolute atomic E-state index is 0.00338. The number of halogens is 4. The first kappa shape index (κ1) is 46.1. The summed E-state index contributed by atoms with van der Waals surface area (Å²) in [6.45, 7) is -0.509. The molecule has 0 saturated carbocycles. The van der Waals surface area contributed by atoms with Gasteiger partial charge in [0.1, 0.15) is 42.4 Å². The van der Waals surface area contributed by atoms with Crippen LogP contribution in [0, 0.1) is 23.3 Å². The number of hydrogen-bond acceptors (Lipinski definition) is 9. The molecule has 3 heterocycles. The van der Waals surface area contributed by atoms with Crippen molar-refractivity contribution in [2.75, 3.05) is 45.6 Å². The van der Waals surface area contributed by atoms with E-state index in [4.69, 9.17) is 0 Å². The summed E-state index contributed by atoms with van der Waals surface area (Å²) >= 11 is 1.08. The van der Waals surface area contributed by atoms with E-state index in [1.165, 1.54) is 29.0 Å². The Bertz CT molecular complexity index is 2980. The third-order valence-corrected chi connectivity index (χ3v) is 12.6. The molecule has 67 heavy (non-hydrogen) atoms. The predicted octanol–water partition coefficient (Wildman–Crippen LogP) is 6.77. The van der Waals surface area contributed by atoms with Gasteiger partial charge in [-0.05, 0) is 96.8 Å². The molecule has 7 aromatic rings. The monoisotopic (exact) mass is 934 g/mol. The van der Waals surface area contributed by atoms with Crippen LogP contribution in [0.15, 0.2) is 110 Å². The number of aryl methyl sites for hydroxylation is 2. The summed E-state index contributed by atoms with van der Waals surface area (Å²) in [5.41, 5.74) is 5.86. The van der Waals surface area contributed by atoms with E-state index < -0.39 is 53.1 Å². The van der Waals surface area contributed by atoms with E-state index in [0.717, 1.165) is 52.9 Å². The average Bonchev–Trinajstić information content (AvgIpc) is 3.96. The van der Waals surface area contributed by atoms with Crippen LogP contribution in [0.1, 0.15) is 24.0 Å². The van der Waals surface area contributed by atoms with Crippen molar-refractivity contribution in [2.45, 2.75) is 37.8 Å². The van der Waals surface area contributed by atoms with Gasteiger partial charge in [-0.15, -0.1) is 0 Å². The lowest BCUT2D eigenvalue weighted by Gasteiger charge is -2.26. The molecule has 1 aliphatic heterocycles. The number of benzene rings is 5. The van der Waals surface area contributed by atoms with E-state index in [0.29, 0.717) is 33.8 Å². The number of imidazole rings is 2. The van der Waals surface area contributed by atoms with Gasteiger partial charge in [-0.25, -0.2) is 27.5 Å². The van der Waals surface area contributed by atoms with Crippen molar-refractivity contribution in [2.24, 2.45) is 14.1 Å². The highest BCUT2D eigenvalue weighted by molar-refractivity contribution is 8.02. The van der Waals surface area contributed by atoms with Crippen LogP contribution in [-0.4, -0.2) is 82.0 Å². The molecule has 2 atom stereocenters. The van der Waals surface area contributed by atoms with E-state index >= 15 is 0 Å². The van der Waals surface area contributed by atoms with Gasteiger partial charge in [0.2, 0.25) is 23.6 Å². The zero-order valence-corrected chi connectivity index (χ0v) is 37.7. The fraction of sp³-hybridized carbons (Fsp3) is 0.250. The average molecular weight is 935 g/mol. The largest absolute Gasteiger partial charge is 0.351 e. The molecule has 0 bridgehead atoms. The molecule has 0 spiro atoms. The highest BCUT2D eigenvalue weighted by Gasteiger charge is 2.33. The molecule has 5 aromatic carbocycles. The van der Waals surface area contributed by atoms with Crippen LogP contribution in [0.2, 0.25) is 0 Å². The normalized spacial score (nSPS) is 13.1. The summed E-state index contributed by atoms with van der Waals surface area (Å²) in [6.07, 6.45) is 3.27. The van der Waals surface area contributed by atoms with Gasteiger partial charge in [-0.2, -0.15) is 0 Å². The van der Waals surface area contributed by atoms with Gasteiger partial charge in [-0.1, -0.05) is 12.1 Å². The van der Waals surface area contributed by atoms with Crippen LogP contribution in [0.4, 0.5) is 40.3 Å². The zero-order valence-electron chi connectivity index (χ0n) is 36.9. The molecule has 2 N–H and O–H groups in total. The number of nitrogens with one attached hydrogen (secondary N) is 2. The van der Waals surface area contributed by atoms with Gasteiger partial charge >= 0.3 is 0 Å². The number of carbonyl (C=O) groups excluding carboxylic acids is 4. The van der Waals surface area contributed by atoms with Gasteiger partial charge in [0.05, 0.1) is 58.2 Å². The zero-order chi connectivity index (χ0) is 47.5. The third kappa shape index (κ3) is 10.7. The minimum atomic E-state index is -1.25. The van der Waals surface area contributed by atoms with Crippen LogP contribution in [-0.2, 0) is 46.1 Å². The van der Waals surface area contributed by atoms with E-state index in [2.05, 4.69) is 20.6 Å². The first-order valence-corrected chi connectivity index (χ1v) is 22.0. The highest BCUT2D eigenvalue weighted by atomic mass is 32.2. The lowest BCUT2D eigenvalue weighted by atomic mass is 10.0. The van der Waals surface area contributed by atoms with E-state index in [-0.39, 0.29) is 50.2 Å². The van der Waals surface area contributed by atoms with Crippen LogP contribution in [0.3, 0.4) is 0 Å². The Morgan fingerprint density at radius 1 is 0.627 bits per heavy atom. The molecule has 2 aromatic heterocycles. The fourth-order valence-electron chi connectivity index (χ4n) is 8.13. The van der Waals surface area contributed by atoms with E-state index in [1.54, 1.807) is 70.8 Å². The quantitative estimate of drug-likeness (QED) is 0.0795. The van der Waals surface area contributed by atoms with Crippen molar-refractivity contribution in [1.29, 1.82) is 0 Å². The van der Waals surface area contributed by atoms with Crippen molar-refractivity contribution in [3.05, 3.63) is 144 Å². The highest BCUT2D eigenvalue weighted by Crippen LogP contribution is 2.44. The maximum atomic E-state index is 14.3. The van der Waals surface area contributed by atoms with Crippen LogP contribution < -0.4 is 29.0 Å². The Labute approximate surface area is 387 Å². The summed E-state index contributed by atoms with van der Waals surface area (Å²) in [7, 11) is 6.89. The Hall–Kier alpha value is -7.41. The summed E-state index contributed by atoms with van der Waals surface area (Å²) in [5, 5.41) is 5.74. The molecule has 4 amide bonds. The van der Waals surface area contributed by atoms with Crippen molar-refractivity contribution in [1.82, 2.24) is 29.7 Å². The second-order valence-corrected chi connectivity index (χ2v) is 17.5. The van der Waals surface area contributed by atoms with Gasteiger partial charge < -0.3 is 29.6 Å². The van der Waals surface area contributed by atoms with Crippen molar-refractivity contribution >= 4 is 80.6 Å². The molecule has 8 rings (SSSR count). The van der Waals surface area contributed by atoms with Crippen LogP contribution in [0.5, 0.6) is 0 Å². The van der Waals surface area contributed by atoms with E-state index in [9.17, 15) is 36.7 Å². The standard InChI is InChI=1S/C48H46F4N10O4S/c1-57-27-53-38-23-36(10-12-41(38)57)59(3)47(65)14-9-35(19-29-15-31(49)21-32(50)16-29)55-45(63)25-61-43-7-5-6-8-44(43)62(67-61)26-46(64)56-40(20-30-17-33(51)22-34(52)18-30)48(66)60(4)37-11-13-42-39(24-37)54-28-58(42)2/h5-8,10-13,15-18,21-24,27-28,35,40H,9,14,19-20,25-26H2,1-4H3,(H,55,63)(H,56,64)/t35-,40-/m1/s1. The van der Waals surface area contributed by atoms with Crippen LogP contribution >= 0.6 is 12.1 Å². The van der Waals surface area contributed by atoms with Gasteiger partial charge in [0.15, 0.2) is 0 Å². The minimum Gasteiger partial charge on any atom is -0.351 e. The Kier molecular flexibility index (Phi) is 13.5. The summed E-state index contributed by atoms with van der Waals surface area (Å²) in [5.74, 6) is -5.06. The summed E-state index contributed by atoms with van der Waals surface area (Å²) < 4.78 is 64.3. The molecule has 1 aliphatic rings. The molecule has 14 nitrogen and oxygen atoms in total. The van der Waals surface area contributed by atoms with Crippen molar-refractivity contribution < 1.29 is 36.7 Å². The number of amides is 4. The molecular weight excluding hydrogens is 889 g/mol. The van der Waals surface area contributed by atoms with Crippen molar-refractivity contribution in [3.63, 3.8) is 0 Å². The number of aromatic nitrogens is 4.